The van der Waals surface area contributed by atoms with Crippen LogP contribution < -0.4 is 5.32 Å². The van der Waals surface area contributed by atoms with Crippen molar-refractivity contribution in [2.45, 2.75) is 33.4 Å². The van der Waals surface area contributed by atoms with Crippen LogP contribution in [0.2, 0.25) is 5.02 Å². The lowest BCUT2D eigenvalue weighted by molar-refractivity contribution is 0.129. The molecule has 2 nitrogen and oxygen atoms in total. The Kier molecular flexibility index (Phi) is 4.49. The predicted octanol–water partition coefficient (Wildman–Crippen LogP) is 3.30. The van der Waals surface area contributed by atoms with Gasteiger partial charge in [-0.3, -0.25) is 4.90 Å². The lowest BCUT2D eigenvalue weighted by Gasteiger charge is -2.40. The molecule has 1 atom stereocenters. The second kappa shape index (κ2) is 5.78. The van der Waals surface area contributed by atoms with E-state index in [0.29, 0.717) is 11.1 Å². The maximum absolute atomic E-state index is 13.0. The fourth-order valence-corrected chi connectivity index (χ4v) is 2.65. The summed E-state index contributed by atoms with van der Waals surface area (Å²) in [6.07, 6.45) is 0. The van der Waals surface area contributed by atoms with Crippen molar-refractivity contribution in [3.63, 3.8) is 0 Å². The van der Waals surface area contributed by atoms with Crippen molar-refractivity contribution in [1.82, 2.24) is 10.2 Å². The summed E-state index contributed by atoms with van der Waals surface area (Å²) in [5.74, 6) is -0.276. The normalized spacial score (nSPS) is 21.6. The van der Waals surface area contributed by atoms with Gasteiger partial charge in [0.1, 0.15) is 5.82 Å². The molecule has 106 valence electrons. The molecular weight excluding hydrogens is 263 g/mol. The van der Waals surface area contributed by atoms with Crippen LogP contribution >= 0.6 is 11.6 Å². The Morgan fingerprint density at radius 2 is 2.16 bits per heavy atom. The van der Waals surface area contributed by atoms with Crippen molar-refractivity contribution < 1.29 is 4.39 Å². The van der Waals surface area contributed by atoms with E-state index in [-0.39, 0.29) is 11.2 Å². The number of rotatable bonds is 2. The highest BCUT2D eigenvalue weighted by Crippen LogP contribution is 2.24. The van der Waals surface area contributed by atoms with Crippen LogP contribution in [0, 0.1) is 11.2 Å². The van der Waals surface area contributed by atoms with Gasteiger partial charge in [-0.2, -0.15) is 0 Å². The molecule has 1 aliphatic rings. The third kappa shape index (κ3) is 3.91. The molecule has 1 N–H and O–H groups in total. The average Bonchev–Trinajstić information content (AvgIpc) is 2.32. The zero-order valence-electron chi connectivity index (χ0n) is 11.8. The molecule has 0 bridgehead atoms. The Labute approximate surface area is 119 Å². The van der Waals surface area contributed by atoms with Gasteiger partial charge in [-0.25, -0.2) is 4.39 Å². The molecule has 0 aliphatic carbocycles. The van der Waals surface area contributed by atoms with Gasteiger partial charge in [0.05, 0.1) is 0 Å². The smallest absolute Gasteiger partial charge is 0.124 e. The zero-order valence-corrected chi connectivity index (χ0v) is 12.6. The lowest BCUT2D eigenvalue weighted by atomic mass is 9.85. The Bertz CT molecular complexity index is 442. The van der Waals surface area contributed by atoms with E-state index in [9.17, 15) is 4.39 Å². The van der Waals surface area contributed by atoms with E-state index >= 15 is 0 Å². The van der Waals surface area contributed by atoms with Crippen molar-refractivity contribution >= 4 is 11.6 Å². The summed E-state index contributed by atoms with van der Waals surface area (Å²) in [6, 6.07) is 5.12. The summed E-state index contributed by atoms with van der Waals surface area (Å²) in [5.41, 5.74) is 1.24. The summed E-state index contributed by atoms with van der Waals surface area (Å²) in [4.78, 5) is 2.38. The molecule has 1 fully saturated rings. The molecule has 0 aromatic heterocycles. The zero-order chi connectivity index (χ0) is 14.0. The Morgan fingerprint density at radius 3 is 2.79 bits per heavy atom. The van der Waals surface area contributed by atoms with E-state index in [1.165, 1.54) is 12.1 Å². The quantitative estimate of drug-likeness (QED) is 0.896. The van der Waals surface area contributed by atoms with Gasteiger partial charge < -0.3 is 5.32 Å². The van der Waals surface area contributed by atoms with E-state index in [2.05, 4.69) is 31.0 Å². The molecule has 1 aliphatic heterocycles. The van der Waals surface area contributed by atoms with Crippen molar-refractivity contribution in [3.8, 4) is 0 Å². The van der Waals surface area contributed by atoms with Crippen LogP contribution in [0.5, 0.6) is 0 Å². The van der Waals surface area contributed by atoms with Crippen LogP contribution in [0.3, 0.4) is 0 Å². The molecule has 2 rings (SSSR count). The van der Waals surface area contributed by atoms with Crippen LogP contribution in [0.15, 0.2) is 18.2 Å². The highest BCUT2D eigenvalue weighted by atomic mass is 35.5. The number of nitrogens with zero attached hydrogens (tertiary/aromatic N) is 1. The van der Waals surface area contributed by atoms with Gasteiger partial charge in [0, 0.05) is 37.2 Å². The van der Waals surface area contributed by atoms with Gasteiger partial charge >= 0.3 is 0 Å². The summed E-state index contributed by atoms with van der Waals surface area (Å²) in [5, 5.41) is 4.08. The molecule has 0 spiro atoms. The predicted molar refractivity (Wildman–Crippen MR) is 77.9 cm³/mol. The van der Waals surface area contributed by atoms with Gasteiger partial charge in [0.15, 0.2) is 0 Å². The number of benzene rings is 1. The van der Waals surface area contributed by atoms with Gasteiger partial charge in [-0.1, -0.05) is 38.4 Å². The third-order valence-corrected chi connectivity index (χ3v) is 4.07. The molecule has 1 aromatic carbocycles. The SMILES string of the molecule is CC(C)(C)C1CN(Cc2ccc(F)cc2Cl)CCN1. The Hall–Kier alpha value is -0.640. The van der Waals surface area contributed by atoms with E-state index in [0.717, 1.165) is 31.7 Å². The molecule has 4 heteroatoms. The molecule has 19 heavy (non-hydrogen) atoms. The summed E-state index contributed by atoms with van der Waals surface area (Å²) >= 11 is 6.09. The lowest BCUT2D eigenvalue weighted by Crippen LogP contribution is -2.55. The van der Waals surface area contributed by atoms with E-state index in [1.807, 2.05) is 0 Å². The number of piperazine rings is 1. The highest BCUT2D eigenvalue weighted by molar-refractivity contribution is 6.31. The largest absolute Gasteiger partial charge is 0.311 e. The molecule has 0 saturated carbocycles. The Morgan fingerprint density at radius 1 is 1.42 bits per heavy atom. The maximum Gasteiger partial charge on any atom is 0.124 e. The fourth-order valence-electron chi connectivity index (χ4n) is 2.43. The fraction of sp³-hybridized carbons (Fsp3) is 0.600. The molecular formula is C15H22ClFN2. The number of hydrogen-bond acceptors (Lipinski definition) is 2. The minimum absolute atomic E-state index is 0.241. The molecule has 1 unspecified atom stereocenters. The minimum atomic E-state index is -0.276. The van der Waals surface area contributed by atoms with Gasteiger partial charge in [-0.05, 0) is 23.1 Å². The van der Waals surface area contributed by atoms with Gasteiger partial charge in [0.25, 0.3) is 0 Å². The molecule has 1 aromatic rings. The molecule has 0 amide bonds. The first kappa shape index (κ1) is 14.8. The standard InChI is InChI=1S/C15H22ClFN2/c1-15(2,3)14-10-19(7-6-18-14)9-11-4-5-12(17)8-13(11)16/h4-5,8,14,18H,6-7,9-10H2,1-3H3. The molecule has 0 radical (unpaired) electrons. The van der Waals surface area contributed by atoms with Crippen molar-refractivity contribution in [1.29, 1.82) is 0 Å². The summed E-state index contributed by atoms with van der Waals surface area (Å²) in [6.45, 7) is 10.5. The minimum Gasteiger partial charge on any atom is -0.311 e. The van der Waals surface area contributed by atoms with Crippen LogP contribution in [0.25, 0.3) is 0 Å². The first-order chi connectivity index (χ1) is 8.86. The average molecular weight is 285 g/mol. The van der Waals surface area contributed by atoms with Gasteiger partial charge in [-0.15, -0.1) is 0 Å². The highest BCUT2D eigenvalue weighted by Gasteiger charge is 2.29. The Balaban J connectivity index is 2.03. The van der Waals surface area contributed by atoms with Crippen LogP contribution in [-0.4, -0.2) is 30.6 Å². The van der Waals surface area contributed by atoms with E-state index < -0.39 is 0 Å². The number of nitrogens with one attached hydrogen (secondary N) is 1. The van der Waals surface area contributed by atoms with Crippen molar-refractivity contribution in [2.75, 3.05) is 19.6 Å². The van der Waals surface area contributed by atoms with Crippen LogP contribution in [-0.2, 0) is 6.54 Å². The van der Waals surface area contributed by atoms with E-state index in [4.69, 9.17) is 11.6 Å². The topological polar surface area (TPSA) is 15.3 Å². The number of hydrogen-bond donors (Lipinski definition) is 1. The van der Waals surface area contributed by atoms with Gasteiger partial charge in [0.2, 0.25) is 0 Å². The summed E-state index contributed by atoms with van der Waals surface area (Å²) in [7, 11) is 0. The van der Waals surface area contributed by atoms with E-state index in [1.54, 1.807) is 6.07 Å². The van der Waals surface area contributed by atoms with Crippen molar-refractivity contribution in [3.05, 3.63) is 34.6 Å². The van der Waals surface area contributed by atoms with Crippen LogP contribution in [0.1, 0.15) is 26.3 Å². The second-order valence-electron chi connectivity index (χ2n) is 6.34. The maximum atomic E-state index is 13.0. The van der Waals surface area contributed by atoms with Crippen LogP contribution in [0.4, 0.5) is 4.39 Å². The first-order valence-corrected chi connectivity index (χ1v) is 7.14. The first-order valence-electron chi connectivity index (χ1n) is 6.76. The molecule has 1 saturated heterocycles. The number of halogens is 2. The second-order valence-corrected chi connectivity index (χ2v) is 6.75. The third-order valence-electron chi connectivity index (χ3n) is 3.71. The monoisotopic (exact) mass is 284 g/mol. The summed E-state index contributed by atoms with van der Waals surface area (Å²) < 4.78 is 13.0. The van der Waals surface area contributed by atoms with Crippen molar-refractivity contribution in [2.24, 2.45) is 5.41 Å². The molecule has 1 heterocycles.